The second kappa shape index (κ2) is 8.12. The molecule has 0 atom stereocenters. The number of benzene rings is 3. The average molecular weight is 386 g/mol. The molecule has 3 nitrogen and oxygen atoms in total. The van der Waals surface area contributed by atoms with Crippen LogP contribution in [0.4, 0.5) is 0 Å². The van der Waals surface area contributed by atoms with E-state index in [1.807, 2.05) is 36.5 Å². The molecule has 0 aliphatic heterocycles. The normalized spacial score (nSPS) is 11.4. The third-order valence-corrected chi connectivity index (χ3v) is 5.75. The molecule has 0 fully saturated rings. The van der Waals surface area contributed by atoms with Crippen molar-refractivity contribution in [2.24, 2.45) is 0 Å². The van der Waals surface area contributed by atoms with E-state index in [1.54, 1.807) is 12.1 Å². The molecular formula is C26H27NO2. The number of aryl methyl sites for hydroxylation is 2. The molecule has 3 heteroatoms. The molecule has 4 rings (SSSR count). The Hall–Kier alpha value is -3.07. The summed E-state index contributed by atoms with van der Waals surface area (Å²) < 4.78 is 2.15. The number of carbonyl (C=O) groups excluding carboxylic acids is 1. The summed E-state index contributed by atoms with van der Waals surface area (Å²) in [7, 11) is 0. The molecule has 4 aromatic rings. The molecule has 0 bridgehead atoms. The van der Waals surface area contributed by atoms with Crippen molar-refractivity contribution in [3.05, 3.63) is 77.5 Å². The van der Waals surface area contributed by atoms with Crippen LogP contribution >= 0.6 is 0 Å². The Balaban J connectivity index is 1.86. The number of aromatic nitrogens is 1. The number of unbranched alkanes of at least 4 members (excludes halogenated alkanes) is 2. The van der Waals surface area contributed by atoms with Crippen molar-refractivity contribution in [2.75, 3.05) is 0 Å². The topological polar surface area (TPSA) is 42.2 Å². The SMILES string of the molecule is CCCCCn1cc(C(=O)c2ccc(CC)c3ccccc23)c2cc(O)ccc21. The van der Waals surface area contributed by atoms with Crippen molar-refractivity contribution >= 4 is 27.5 Å². The fourth-order valence-corrected chi connectivity index (χ4v) is 4.20. The first kappa shape index (κ1) is 19.3. The predicted octanol–water partition coefficient (Wildman–Crippen LogP) is 6.48. The Morgan fingerprint density at radius 3 is 2.45 bits per heavy atom. The van der Waals surface area contributed by atoms with E-state index in [9.17, 15) is 9.90 Å². The van der Waals surface area contributed by atoms with Gasteiger partial charge in [-0.25, -0.2) is 0 Å². The van der Waals surface area contributed by atoms with Crippen LogP contribution in [0.25, 0.3) is 21.7 Å². The van der Waals surface area contributed by atoms with E-state index in [2.05, 4.69) is 30.5 Å². The second-order valence-electron chi connectivity index (χ2n) is 7.65. The minimum Gasteiger partial charge on any atom is -0.508 e. The molecule has 0 unspecified atom stereocenters. The van der Waals surface area contributed by atoms with Gasteiger partial charge in [-0.15, -0.1) is 0 Å². The number of rotatable bonds is 7. The number of hydrogen-bond donors (Lipinski definition) is 1. The maximum Gasteiger partial charge on any atom is 0.195 e. The molecule has 0 aliphatic rings. The number of nitrogens with zero attached hydrogens (tertiary/aromatic N) is 1. The first-order valence-electron chi connectivity index (χ1n) is 10.5. The molecule has 29 heavy (non-hydrogen) atoms. The van der Waals surface area contributed by atoms with Gasteiger partial charge >= 0.3 is 0 Å². The van der Waals surface area contributed by atoms with Crippen molar-refractivity contribution in [2.45, 2.75) is 46.1 Å². The van der Waals surface area contributed by atoms with Gasteiger partial charge in [0.1, 0.15) is 5.75 Å². The molecule has 0 saturated heterocycles. The molecule has 0 spiro atoms. The fourth-order valence-electron chi connectivity index (χ4n) is 4.20. The second-order valence-corrected chi connectivity index (χ2v) is 7.65. The smallest absolute Gasteiger partial charge is 0.195 e. The highest BCUT2D eigenvalue weighted by Crippen LogP contribution is 2.31. The van der Waals surface area contributed by atoms with E-state index >= 15 is 0 Å². The number of ketones is 1. The molecule has 1 N–H and O–H groups in total. The largest absolute Gasteiger partial charge is 0.508 e. The van der Waals surface area contributed by atoms with Crippen LogP contribution in [0.1, 0.15) is 54.6 Å². The zero-order valence-electron chi connectivity index (χ0n) is 17.1. The lowest BCUT2D eigenvalue weighted by molar-refractivity contribution is 0.104. The standard InChI is InChI=1S/C26H27NO2/c1-3-5-8-15-27-17-24(23-16-19(28)12-14-25(23)27)26(29)22-13-11-18(4-2)20-9-6-7-10-21(20)22/h6-7,9-14,16-17,28H,3-5,8,15H2,1-2H3. The lowest BCUT2D eigenvalue weighted by Gasteiger charge is -2.09. The van der Waals surface area contributed by atoms with Gasteiger partial charge in [-0.1, -0.05) is 63.1 Å². The van der Waals surface area contributed by atoms with Crippen molar-refractivity contribution in [1.82, 2.24) is 4.57 Å². The molecule has 0 saturated carbocycles. The van der Waals surface area contributed by atoms with Crippen LogP contribution in [0.3, 0.4) is 0 Å². The zero-order chi connectivity index (χ0) is 20.4. The third-order valence-electron chi connectivity index (χ3n) is 5.75. The summed E-state index contributed by atoms with van der Waals surface area (Å²) in [4.78, 5) is 13.6. The van der Waals surface area contributed by atoms with Gasteiger partial charge < -0.3 is 9.67 Å². The average Bonchev–Trinajstić information content (AvgIpc) is 3.10. The van der Waals surface area contributed by atoms with Gasteiger partial charge in [0, 0.05) is 34.8 Å². The van der Waals surface area contributed by atoms with Crippen molar-refractivity contribution in [1.29, 1.82) is 0 Å². The molecule has 0 amide bonds. The highest BCUT2D eigenvalue weighted by Gasteiger charge is 2.19. The summed E-state index contributed by atoms with van der Waals surface area (Å²) in [5.41, 5.74) is 3.61. The molecular weight excluding hydrogens is 358 g/mol. The Morgan fingerprint density at radius 2 is 1.69 bits per heavy atom. The van der Waals surface area contributed by atoms with Crippen LogP contribution in [0.5, 0.6) is 5.75 Å². The quantitative estimate of drug-likeness (QED) is 0.292. The maximum absolute atomic E-state index is 13.6. The Bertz CT molecular complexity index is 1190. The minimum atomic E-state index is 0.00805. The van der Waals surface area contributed by atoms with E-state index in [4.69, 9.17) is 0 Å². The first-order valence-corrected chi connectivity index (χ1v) is 10.5. The summed E-state index contributed by atoms with van der Waals surface area (Å²) in [6.45, 7) is 5.19. The van der Waals surface area contributed by atoms with E-state index < -0.39 is 0 Å². The van der Waals surface area contributed by atoms with Gasteiger partial charge in [0.25, 0.3) is 0 Å². The van der Waals surface area contributed by atoms with Gasteiger partial charge in [-0.05, 0) is 47.4 Å². The highest BCUT2D eigenvalue weighted by atomic mass is 16.3. The Labute approximate surface area is 171 Å². The van der Waals surface area contributed by atoms with Gasteiger partial charge in [0.05, 0.1) is 0 Å². The lowest BCUT2D eigenvalue weighted by atomic mass is 9.93. The molecule has 0 radical (unpaired) electrons. The van der Waals surface area contributed by atoms with Crippen molar-refractivity contribution in [3.63, 3.8) is 0 Å². The lowest BCUT2D eigenvalue weighted by Crippen LogP contribution is -2.03. The van der Waals surface area contributed by atoms with E-state index in [0.717, 1.165) is 53.9 Å². The molecule has 3 aromatic carbocycles. The Morgan fingerprint density at radius 1 is 0.897 bits per heavy atom. The monoisotopic (exact) mass is 385 g/mol. The molecule has 0 aliphatic carbocycles. The third kappa shape index (κ3) is 3.53. The van der Waals surface area contributed by atoms with Crippen LogP contribution in [0.2, 0.25) is 0 Å². The number of fused-ring (bicyclic) bond motifs is 2. The van der Waals surface area contributed by atoms with Crippen molar-refractivity contribution in [3.8, 4) is 5.75 Å². The number of phenolic OH excluding ortho intramolecular Hbond substituents is 1. The molecule has 1 heterocycles. The number of carbonyl (C=O) groups is 1. The predicted molar refractivity (Wildman–Crippen MR) is 120 cm³/mol. The number of hydrogen-bond acceptors (Lipinski definition) is 2. The van der Waals surface area contributed by atoms with E-state index in [0.29, 0.717) is 11.1 Å². The summed E-state index contributed by atoms with van der Waals surface area (Å²) in [6, 6.07) is 17.4. The number of aromatic hydroxyl groups is 1. The van der Waals surface area contributed by atoms with Gasteiger partial charge in [0.15, 0.2) is 5.78 Å². The molecule has 148 valence electrons. The highest BCUT2D eigenvalue weighted by molar-refractivity contribution is 6.21. The fraction of sp³-hybridized carbons (Fsp3) is 0.269. The van der Waals surface area contributed by atoms with Crippen LogP contribution in [-0.2, 0) is 13.0 Å². The first-order chi connectivity index (χ1) is 14.1. The maximum atomic E-state index is 13.6. The van der Waals surface area contributed by atoms with E-state index in [-0.39, 0.29) is 11.5 Å². The van der Waals surface area contributed by atoms with Gasteiger partial charge in [-0.2, -0.15) is 0 Å². The summed E-state index contributed by atoms with van der Waals surface area (Å²) in [6.07, 6.45) is 6.28. The molecule has 1 aromatic heterocycles. The van der Waals surface area contributed by atoms with Crippen molar-refractivity contribution < 1.29 is 9.90 Å². The Kier molecular flexibility index (Phi) is 5.39. The van der Waals surface area contributed by atoms with Crippen LogP contribution in [0, 0.1) is 0 Å². The van der Waals surface area contributed by atoms with Crippen LogP contribution < -0.4 is 0 Å². The zero-order valence-corrected chi connectivity index (χ0v) is 17.1. The number of phenols is 1. The minimum absolute atomic E-state index is 0.00805. The summed E-state index contributed by atoms with van der Waals surface area (Å²) in [5, 5.41) is 13.0. The van der Waals surface area contributed by atoms with Crippen LogP contribution in [-0.4, -0.2) is 15.5 Å². The van der Waals surface area contributed by atoms with Crippen LogP contribution in [0.15, 0.2) is 60.8 Å². The van der Waals surface area contributed by atoms with Gasteiger partial charge in [0.2, 0.25) is 0 Å². The van der Waals surface area contributed by atoms with E-state index in [1.165, 1.54) is 5.56 Å². The van der Waals surface area contributed by atoms with Gasteiger partial charge in [-0.3, -0.25) is 4.79 Å². The summed E-state index contributed by atoms with van der Waals surface area (Å²) >= 11 is 0. The summed E-state index contributed by atoms with van der Waals surface area (Å²) in [5.74, 6) is 0.192.